The van der Waals surface area contributed by atoms with Gasteiger partial charge in [-0.1, -0.05) is 35.3 Å². The standard InChI is InChI=1S/C23H20Cl2FN5O4/c1-33-19-7-4-8-20(34-2)21(19)35-13-30-10-9-18(28-30)23(32)27-22-16(25)12-31(29-22)11-14-15(24)5-3-6-17(14)26/h3-10,12H,11,13H2,1-2H3,(H,27,29,32). The molecule has 12 heteroatoms. The highest BCUT2D eigenvalue weighted by molar-refractivity contribution is 6.33. The van der Waals surface area contributed by atoms with Crippen molar-refractivity contribution in [1.29, 1.82) is 0 Å². The summed E-state index contributed by atoms with van der Waals surface area (Å²) in [5.74, 6) is 0.510. The fourth-order valence-electron chi connectivity index (χ4n) is 3.22. The number of halogens is 3. The second-order valence-corrected chi connectivity index (χ2v) is 8.00. The second kappa shape index (κ2) is 10.7. The molecule has 0 saturated heterocycles. The van der Waals surface area contributed by atoms with Gasteiger partial charge in [-0.15, -0.1) is 0 Å². The molecule has 2 heterocycles. The number of para-hydroxylation sites is 1. The lowest BCUT2D eigenvalue weighted by Gasteiger charge is -2.13. The maximum absolute atomic E-state index is 14.1. The first-order valence-corrected chi connectivity index (χ1v) is 11.0. The monoisotopic (exact) mass is 519 g/mol. The normalized spacial score (nSPS) is 10.8. The molecule has 0 aliphatic rings. The lowest BCUT2D eigenvalue weighted by molar-refractivity contribution is 0.101. The molecule has 0 bridgehead atoms. The summed E-state index contributed by atoms with van der Waals surface area (Å²) in [7, 11) is 3.05. The van der Waals surface area contributed by atoms with Crippen LogP contribution in [0.3, 0.4) is 0 Å². The molecule has 0 fully saturated rings. The summed E-state index contributed by atoms with van der Waals surface area (Å²) in [5, 5.41) is 11.5. The molecular weight excluding hydrogens is 500 g/mol. The van der Waals surface area contributed by atoms with Gasteiger partial charge in [0.05, 0.1) is 20.8 Å². The lowest BCUT2D eigenvalue weighted by atomic mass is 10.2. The molecule has 182 valence electrons. The van der Waals surface area contributed by atoms with Crippen LogP contribution in [-0.2, 0) is 13.3 Å². The van der Waals surface area contributed by atoms with E-state index >= 15 is 0 Å². The van der Waals surface area contributed by atoms with Crippen LogP contribution in [0.25, 0.3) is 0 Å². The number of aromatic nitrogens is 4. The van der Waals surface area contributed by atoms with Crippen LogP contribution in [0.2, 0.25) is 10.0 Å². The highest BCUT2D eigenvalue weighted by Crippen LogP contribution is 2.36. The van der Waals surface area contributed by atoms with Gasteiger partial charge < -0.3 is 19.5 Å². The number of nitrogens with zero attached hydrogens (tertiary/aromatic N) is 4. The van der Waals surface area contributed by atoms with E-state index in [4.69, 9.17) is 37.4 Å². The average Bonchev–Trinajstić information content (AvgIpc) is 3.46. The van der Waals surface area contributed by atoms with Crippen LogP contribution in [0.15, 0.2) is 54.9 Å². The van der Waals surface area contributed by atoms with Crippen LogP contribution in [0.1, 0.15) is 16.1 Å². The van der Waals surface area contributed by atoms with E-state index in [-0.39, 0.29) is 40.4 Å². The highest BCUT2D eigenvalue weighted by Gasteiger charge is 2.17. The van der Waals surface area contributed by atoms with Gasteiger partial charge in [0, 0.05) is 23.0 Å². The van der Waals surface area contributed by atoms with Crippen LogP contribution in [0.5, 0.6) is 17.2 Å². The number of anilines is 1. The molecule has 2 aromatic heterocycles. The van der Waals surface area contributed by atoms with E-state index < -0.39 is 11.7 Å². The molecule has 2 aromatic carbocycles. The second-order valence-electron chi connectivity index (χ2n) is 7.18. The van der Waals surface area contributed by atoms with Crippen molar-refractivity contribution < 1.29 is 23.4 Å². The fraction of sp³-hybridized carbons (Fsp3) is 0.174. The number of rotatable bonds is 9. The topological polar surface area (TPSA) is 92.4 Å². The van der Waals surface area contributed by atoms with Crippen LogP contribution >= 0.6 is 23.2 Å². The van der Waals surface area contributed by atoms with E-state index in [0.717, 1.165) is 0 Å². The Morgan fingerprint density at radius 3 is 2.40 bits per heavy atom. The Hall–Kier alpha value is -3.76. The van der Waals surface area contributed by atoms with Gasteiger partial charge in [0.15, 0.2) is 29.7 Å². The Labute approximate surface area is 209 Å². The van der Waals surface area contributed by atoms with Gasteiger partial charge in [-0.25, -0.2) is 9.07 Å². The molecule has 0 unspecified atom stereocenters. The first-order valence-electron chi connectivity index (χ1n) is 10.2. The largest absolute Gasteiger partial charge is 0.493 e. The molecule has 0 saturated carbocycles. The van der Waals surface area contributed by atoms with Crippen molar-refractivity contribution in [3.05, 3.63) is 82.0 Å². The number of benzene rings is 2. The maximum atomic E-state index is 14.1. The van der Waals surface area contributed by atoms with Crippen LogP contribution < -0.4 is 19.5 Å². The minimum Gasteiger partial charge on any atom is -0.493 e. The van der Waals surface area contributed by atoms with E-state index in [9.17, 15) is 9.18 Å². The molecule has 9 nitrogen and oxygen atoms in total. The van der Waals surface area contributed by atoms with E-state index in [1.165, 1.54) is 48.0 Å². The van der Waals surface area contributed by atoms with Gasteiger partial charge in [-0.2, -0.15) is 10.2 Å². The summed E-state index contributed by atoms with van der Waals surface area (Å²) in [6, 6.07) is 11.2. The Morgan fingerprint density at radius 1 is 1.00 bits per heavy atom. The number of nitrogens with one attached hydrogen (secondary N) is 1. The Bertz CT molecular complexity index is 1320. The van der Waals surface area contributed by atoms with E-state index in [1.54, 1.807) is 30.5 Å². The first-order chi connectivity index (χ1) is 16.9. The first kappa shape index (κ1) is 24.4. The highest BCUT2D eigenvalue weighted by atomic mass is 35.5. The minimum atomic E-state index is -0.533. The smallest absolute Gasteiger partial charge is 0.277 e. The molecule has 35 heavy (non-hydrogen) atoms. The zero-order chi connectivity index (χ0) is 24.9. The zero-order valence-electron chi connectivity index (χ0n) is 18.7. The van der Waals surface area contributed by atoms with E-state index in [0.29, 0.717) is 17.2 Å². The van der Waals surface area contributed by atoms with Gasteiger partial charge in [0.1, 0.15) is 10.8 Å². The van der Waals surface area contributed by atoms with Crippen LogP contribution in [-0.4, -0.2) is 39.7 Å². The minimum absolute atomic E-state index is 0.00277. The summed E-state index contributed by atoms with van der Waals surface area (Å²) in [4.78, 5) is 12.7. The third-order valence-corrected chi connectivity index (χ3v) is 5.56. The molecule has 4 rings (SSSR count). The molecule has 1 amide bonds. The van der Waals surface area contributed by atoms with Gasteiger partial charge in [0.2, 0.25) is 5.75 Å². The molecular formula is C23H20Cl2FN5O4. The van der Waals surface area contributed by atoms with Gasteiger partial charge >= 0.3 is 0 Å². The average molecular weight is 520 g/mol. The van der Waals surface area contributed by atoms with Crippen molar-refractivity contribution in [2.24, 2.45) is 0 Å². The number of hydrogen-bond donors (Lipinski definition) is 1. The molecule has 0 atom stereocenters. The van der Waals surface area contributed by atoms with Crippen molar-refractivity contribution in [1.82, 2.24) is 19.6 Å². The lowest BCUT2D eigenvalue weighted by Crippen LogP contribution is -2.15. The molecule has 0 spiro atoms. The fourth-order valence-corrected chi connectivity index (χ4v) is 3.64. The number of carbonyl (C=O) groups excluding carboxylic acids is 1. The van der Waals surface area contributed by atoms with Gasteiger partial charge in [-0.3, -0.25) is 9.48 Å². The predicted octanol–water partition coefficient (Wildman–Crippen LogP) is 4.88. The molecule has 1 N–H and O–H groups in total. The number of amides is 1. The number of carbonyl (C=O) groups is 1. The van der Waals surface area contributed by atoms with Crippen molar-refractivity contribution >= 4 is 34.9 Å². The summed E-state index contributed by atoms with van der Waals surface area (Å²) in [6.45, 7) is 0.0439. The molecule has 0 aliphatic carbocycles. The van der Waals surface area contributed by atoms with E-state index in [2.05, 4.69) is 15.5 Å². The SMILES string of the molecule is COc1cccc(OC)c1OCn1ccc(C(=O)Nc2nn(Cc3c(F)cccc3Cl)cc2Cl)n1. The predicted molar refractivity (Wildman–Crippen MR) is 128 cm³/mol. The van der Waals surface area contributed by atoms with E-state index in [1.807, 2.05) is 0 Å². The number of hydrogen-bond acceptors (Lipinski definition) is 6. The summed E-state index contributed by atoms with van der Waals surface area (Å²) >= 11 is 12.3. The Balaban J connectivity index is 1.42. The molecule has 4 aromatic rings. The maximum Gasteiger partial charge on any atom is 0.277 e. The van der Waals surface area contributed by atoms with Crippen molar-refractivity contribution in [2.45, 2.75) is 13.3 Å². The Kier molecular flexibility index (Phi) is 7.42. The number of methoxy groups -OCH3 is 2. The molecule has 0 radical (unpaired) electrons. The van der Waals surface area contributed by atoms with Gasteiger partial charge in [0.25, 0.3) is 5.91 Å². The summed E-state index contributed by atoms with van der Waals surface area (Å²) in [5.41, 5.74) is 0.375. The quantitative estimate of drug-likeness (QED) is 0.338. The Morgan fingerprint density at radius 2 is 1.71 bits per heavy atom. The summed E-state index contributed by atoms with van der Waals surface area (Å²) < 4.78 is 33.3. The van der Waals surface area contributed by atoms with Crippen molar-refractivity contribution in [2.75, 3.05) is 19.5 Å². The van der Waals surface area contributed by atoms with Gasteiger partial charge in [-0.05, 0) is 30.3 Å². The third-order valence-electron chi connectivity index (χ3n) is 4.93. The van der Waals surface area contributed by atoms with Crippen LogP contribution in [0.4, 0.5) is 10.2 Å². The van der Waals surface area contributed by atoms with Crippen LogP contribution in [0, 0.1) is 5.82 Å². The number of ether oxygens (including phenoxy) is 3. The summed E-state index contributed by atoms with van der Waals surface area (Å²) in [6.07, 6.45) is 3.05. The zero-order valence-corrected chi connectivity index (χ0v) is 20.2. The van der Waals surface area contributed by atoms with Crippen molar-refractivity contribution in [3.63, 3.8) is 0 Å². The third kappa shape index (κ3) is 5.50. The molecule has 0 aliphatic heterocycles. The van der Waals surface area contributed by atoms with Crippen molar-refractivity contribution in [3.8, 4) is 17.2 Å².